The highest BCUT2D eigenvalue weighted by molar-refractivity contribution is 6.11. The number of nitrogens with zero attached hydrogens (tertiary/aromatic N) is 4. The fourth-order valence-corrected chi connectivity index (χ4v) is 3.50. The number of amides is 1. The van der Waals surface area contributed by atoms with Crippen LogP contribution in [-0.4, -0.2) is 23.3 Å². The zero-order valence-electron chi connectivity index (χ0n) is 16.8. The zero-order valence-corrected chi connectivity index (χ0v) is 16.8. The highest BCUT2D eigenvalue weighted by atomic mass is 19.2. The number of hydrogen-bond acceptors (Lipinski definition) is 5. The van der Waals surface area contributed by atoms with Gasteiger partial charge in [0.2, 0.25) is 5.91 Å². The minimum atomic E-state index is -1.10. The van der Waals surface area contributed by atoms with Gasteiger partial charge in [0.05, 0.1) is 11.3 Å². The van der Waals surface area contributed by atoms with Gasteiger partial charge >= 0.3 is 0 Å². The van der Waals surface area contributed by atoms with Crippen molar-refractivity contribution >= 4 is 28.9 Å². The molecule has 0 spiro atoms. The van der Waals surface area contributed by atoms with Crippen molar-refractivity contribution < 1.29 is 13.6 Å². The Hall–Kier alpha value is -4.21. The number of hydrogen-bond donors (Lipinski definition) is 3. The summed E-state index contributed by atoms with van der Waals surface area (Å²) < 4.78 is 27.7. The number of pyridine rings is 1. The number of carbonyl (C=O) groups excluding carboxylic acids is 1. The van der Waals surface area contributed by atoms with Crippen LogP contribution in [0.2, 0.25) is 0 Å². The molecule has 4 rings (SSSR count). The van der Waals surface area contributed by atoms with Crippen LogP contribution in [0.15, 0.2) is 65.1 Å². The van der Waals surface area contributed by atoms with Crippen LogP contribution in [-0.2, 0) is 4.79 Å². The second-order valence-corrected chi connectivity index (χ2v) is 7.13. The van der Waals surface area contributed by atoms with E-state index in [2.05, 4.69) is 20.6 Å². The molecule has 0 atom stereocenters. The molecular weight excluding hydrogens is 416 g/mol. The maximum Gasteiger partial charge on any atom is 0.227 e. The smallest absolute Gasteiger partial charge is 0.227 e. The Labute approximate surface area is 182 Å². The second-order valence-electron chi connectivity index (χ2n) is 7.13. The van der Waals surface area contributed by atoms with Gasteiger partial charge in [-0.2, -0.15) is 5.53 Å². The lowest BCUT2D eigenvalue weighted by molar-refractivity contribution is -0.117. The number of halogens is 2. The highest BCUT2D eigenvalue weighted by Crippen LogP contribution is 2.28. The zero-order chi connectivity index (χ0) is 22.7. The van der Waals surface area contributed by atoms with Crippen LogP contribution in [0.1, 0.15) is 18.4 Å². The number of nitrogens with two attached hydrogens (primary N) is 1. The van der Waals surface area contributed by atoms with Crippen molar-refractivity contribution in [1.82, 2.24) is 4.98 Å². The van der Waals surface area contributed by atoms with E-state index in [4.69, 9.17) is 11.3 Å². The first-order valence-electron chi connectivity index (χ1n) is 9.80. The van der Waals surface area contributed by atoms with Crippen molar-refractivity contribution in [1.29, 1.82) is 5.53 Å². The van der Waals surface area contributed by atoms with Gasteiger partial charge in [-0.15, -0.1) is 5.10 Å². The van der Waals surface area contributed by atoms with E-state index in [1.807, 2.05) is 24.3 Å². The number of nitrogens with one attached hydrogen (secondary N) is 2. The molecule has 2 heterocycles. The van der Waals surface area contributed by atoms with E-state index in [0.717, 1.165) is 23.7 Å². The Morgan fingerprint density at radius 2 is 1.94 bits per heavy atom. The molecule has 0 aliphatic carbocycles. The predicted molar refractivity (Wildman–Crippen MR) is 117 cm³/mol. The molecule has 1 aliphatic rings. The molecule has 1 amide bonds. The molecule has 0 unspecified atom stereocenters. The van der Waals surface area contributed by atoms with Crippen molar-refractivity contribution in [2.24, 2.45) is 10.3 Å². The van der Waals surface area contributed by atoms with Crippen LogP contribution >= 0.6 is 0 Å². The maximum atomic E-state index is 14.1. The fraction of sp³-hybridized carbons (Fsp3) is 0.136. The van der Waals surface area contributed by atoms with Crippen LogP contribution in [0.25, 0.3) is 11.1 Å². The molecule has 162 valence electrons. The number of anilines is 3. The van der Waals surface area contributed by atoms with Gasteiger partial charge in [-0.25, -0.2) is 13.8 Å². The van der Waals surface area contributed by atoms with Crippen molar-refractivity contribution in [2.75, 3.05) is 22.5 Å². The lowest BCUT2D eigenvalue weighted by atomic mass is 10.0. The molecule has 32 heavy (non-hydrogen) atoms. The summed E-state index contributed by atoms with van der Waals surface area (Å²) in [5.74, 6) is -2.02. The summed E-state index contributed by atoms with van der Waals surface area (Å²) >= 11 is 0. The summed E-state index contributed by atoms with van der Waals surface area (Å²) in [7, 11) is 0. The van der Waals surface area contributed by atoms with Gasteiger partial charge in [0.1, 0.15) is 5.82 Å². The largest absolute Gasteiger partial charge is 0.383 e. The third kappa shape index (κ3) is 4.15. The van der Waals surface area contributed by atoms with E-state index in [-0.39, 0.29) is 28.8 Å². The molecule has 0 bridgehead atoms. The van der Waals surface area contributed by atoms with E-state index in [9.17, 15) is 13.6 Å². The first-order chi connectivity index (χ1) is 15.5. The van der Waals surface area contributed by atoms with Crippen LogP contribution in [0.4, 0.5) is 26.0 Å². The Kier molecular flexibility index (Phi) is 5.84. The summed E-state index contributed by atoms with van der Waals surface area (Å²) in [6.45, 7) is 0.699. The van der Waals surface area contributed by atoms with Gasteiger partial charge < -0.3 is 16.0 Å². The van der Waals surface area contributed by atoms with Crippen molar-refractivity contribution in [2.45, 2.75) is 12.8 Å². The monoisotopic (exact) mass is 435 g/mol. The number of amidine groups is 1. The van der Waals surface area contributed by atoms with Crippen molar-refractivity contribution in [3.63, 3.8) is 0 Å². The quantitative estimate of drug-likeness (QED) is 0.236. The van der Waals surface area contributed by atoms with E-state index < -0.39 is 11.6 Å². The third-order valence-electron chi connectivity index (χ3n) is 5.11. The Morgan fingerprint density at radius 3 is 2.62 bits per heavy atom. The third-order valence-corrected chi connectivity index (χ3v) is 5.11. The van der Waals surface area contributed by atoms with E-state index in [1.165, 1.54) is 12.1 Å². The highest BCUT2D eigenvalue weighted by Gasteiger charge is 2.21. The molecule has 4 N–H and O–H groups in total. The molecule has 10 heteroatoms. The molecule has 0 saturated carbocycles. The first kappa shape index (κ1) is 21.0. The molecule has 1 saturated heterocycles. The Morgan fingerprint density at radius 1 is 1.16 bits per heavy atom. The van der Waals surface area contributed by atoms with Gasteiger partial charge in [-0.05, 0) is 42.3 Å². The van der Waals surface area contributed by atoms with Gasteiger partial charge in [0.25, 0.3) is 0 Å². The summed E-state index contributed by atoms with van der Waals surface area (Å²) in [6, 6.07) is 12.7. The lowest BCUT2D eigenvalue weighted by Gasteiger charge is -2.16. The molecule has 1 fully saturated rings. The molecule has 1 aromatic heterocycles. The van der Waals surface area contributed by atoms with Crippen LogP contribution in [0, 0.1) is 17.2 Å². The standard InChI is InChI=1S/C22H19F2N7O/c23-17-3-1-4-18(20(17)24)28-22(29-30-26)16-11-14(12-27-21(16)25)13-6-8-15(9-7-13)31-10-2-5-19(31)32/h1,3-4,6-9,11-12H,2,5,10H2,(H2,25,27)(H2,26,28,29). The number of benzene rings is 2. The number of rotatable bonds is 5. The number of nitrogen functional groups attached to an aromatic ring is 1. The molecule has 8 nitrogen and oxygen atoms in total. The minimum absolute atomic E-state index is 0.0596. The predicted octanol–water partition coefficient (Wildman–Crippen LogP) is 4.54. The van der Waals surface area contributed by atoms with Crippen LogP contribution in [0.3, 0.4) is 0 Å². The summed E-state index contributed by atoms with van der Waals surface area (Å²) in [5.41, 5.74) is 15.5. The van der Waals surface area contributed by atoms with E-state index in [0.29, 0.717) is 18.5 Å². The normalized spacial score (nSPS) is 14.0. The first-order valence-corrected chi connectivity index (χ1v) is 9.80. The van der Waals surface area contributed by atoms with Crippen molar-refractivity contribution in [3.05, 3.63) is 71.9 Å². The Bertz CT molecular complexity index is 1210. The fourth-order valence-electron chi connectivity index (χ4n) is 3.50. The molecule has 3 aromatic rings. The van der Waals surface area contributed by atoms with Crippen LogP contribution < -0.4 is 16.0 Å². The maximum absolute atomic E-state index is 14.1. The molecule has 2 aromatic carbocycles. The summed E-state index contributed by atoms with van der Waals surface area (Å²) in [5, 5.41) is 9.31. The molecular formula is C22H19F2N7O. The van der Waals surface area contributed by atoms with Crippen molar-refractivity contribution in [3.8, 4) is 11.1 Å². The minimum Gasteiger partial charge on any atom is -0.383 e. The average molecular weight is 435 g/mol. The van der Waals surface area contributed by atoms with Gasteiger partial charge in [0, 0.05) is 30.4 Å². The summed E-state index contributed by atoms with van der Waals surface area (Å²) in [6.07, 6.45) is 2.95. The van der Waals surface area contributed by atoms with E-state index >= 15 is 0 Å². The summed E-state index contributed by atoms with van der Waals surface area (Å²) in [4.78, 5) is 17.9. The Balaban J connectivity index is 1.66. The number of carbonyl (C=O) groups is 1. The van der Waals surface area contributed by atoms with Gasteiger partial charge in [-0.1, -0.05) is 23.4 Å². The molecule has 1 aliphatic heterocycles. The lowest BCUT2D eigenvalue weighted by Crippen LogP contribution is -2.23. The number of aromatic nitrogens is 1. The van der Waals surface area contributed by atoms with Gasteiger partial charge in [0.15, 0.2) is 17.5 Å². The van der Waals surface area contributed by atoms with E-state index in [1.54, 1.807) is 17.2 Å². The molecule has 0 radical (unpaired) electrons. The topological polar surface area (TPSA) is 120 Å². The average Bonchev–Trinajstić information content (AvgIpc) is 3.23. The second kappa shape index (κ2) is 8.88. The van der Waals surface area contributed by atoms with Gasteiger partial charge in [-0.3, -0.25) is 4.79 Å². The SMILES string of the molecule is N=N/N=C(\Nc1cccc(F)c1F)c1cc(-c2ccc(N3CCCC3=O)cc2)cnc1N. The van der Waals surface area contributed by atoms with Crippen LogP contribution in [0.5, 0.6) is 0 Å².